The quantitative estimate of drug-likeness (QED) is 0.630. The fourth-order valence-corrected chi connectivity index (χ4v) is 1.63. The van der Waals surface area contributed by atoms with E-state index in [1.807, 2.05) is 0 Å². The van der Waals surface area contributed by atoms with Crippen LogP contribution >= 0.6 is 11.6 Å². The molecule has 96 valence electrons. The van der Waals surface area contributed by atoms with Crippen LogP contribution in [0.25, 0.3) is 11.2 Å². The average molecular weight is 269 g/mol. The summed E-state index contributed by atoms with van der Waals surface area (Å²) in [7, 11) is 0. The molecule has 0 saturated heterocycles. The first-order valence-corrected chi connectivity index (χ1v) is 5.92. The van der Waals surface area contributed by atoms with Crippen molar-refractivity contribution in [2.24, 2.45) is 5.92 Å². The maximum Gasteiger partial charge on any atom is 0.310 e. The fourth-order valence-electron chi connectivity index (χ4n) is 1.45. The Morgan fingerprint density at radius 3 is 2.72 bits per heavy atom. The molecule has 0 N–H and O–H groups in total. The molecule has 6 nitrogen and oxygen atoms in total. The van der Waals surface area contributed by atoms with Crippen LogP contribution in [0.1, 0.15) is 27.0 Å². The van der Waals surface area contributed by atoms with E-state index in [-0.39, 0.29) is 17.0 Å². The number of hydrogen-bond acceptors (Lipinski definition) is 5. The van der Waals surface area contributed by atoms with E-state index in [0.717, 1.165) is 0 Å². The van der Waals surface area contributed by atoms with E-state index in [2.05, 4.69) is 15.0 Å². The van der Waals surface area contributed by atoms with Gasteiger partial charge in [-0.25, -0.2) is 15.0 Å². The lowest BCUT2D eigenvalue weighted by molar-refractivity contribution is -0.156. The first-order valence-electron chi connectivity index (χ1n) is 5.54. The molecule has 0 radical (unpaired) electrons. The van der Waals surface area contributed by atoms with Gasteiger partial charge < -0.3 is 4.74 Å². The van der Waals surface area contributed by atoms with Gasteiger partial charge in [0.2, 0.25) is 0 Å². The molecule has 0 saturated carbocycles. The third-order valence-corrected chi connectivity index (χ3v) is 2.74. The minimum atomic E-state index is -0.490. The summed E-state index contributed by atoms with van der Waals surface area (Å²) in [6.07, 6.45) is 2.39. The topological polar surface area (TPSA) is 69.9 Å². The highest BCUT2D eigenvalue weighted by atomic mass is 35.5. The van der Waals surface area contributed by atoms with Crippen molar-refractivity contribution in [3.8, 4) is 0 Å². The third-order valence-electron chi connectivity index (χ3n) is 2.46. The molecular weight excluding hydrogens is 256 g/mol. The van der Waals surface area contributed by atoms with E-state index < -0.39 is 6.23 Å². The van der Waals surface area contributed by atoms with Gasteiger partial charge in [-0.3, -0.25) is 9.36 Å². The molecular formula is C11H13ClN4O2. The molecule has 2 heterocycles. The van der Waals surface area contributed by atoms with Crippen LogP contribution in [0.2, 0.25) is 5.15 Å². The van der Waals surface area contributed by atoms with Gasteiger partial charge in [0.1, 0.15) is 18.2 Å². The van der Waals surface area contributed by atoms with E-state index >= 15 is 0 Å². The van der Waals surface area contributed by atoms with Crippen molar-refractivity contribution in [2.45, 2.75) is 27.0 Å². The van der Waals surface area contributed by atoms with Crippen molar-refractivity contribution in [1.82, 2.24) is 19.5 Å². The summed E-state index contributed by atoms with van der Waals surface area (Å²) in [6.45, 7) is 5.30. The van der Waals surface area contributed by atoms with Gasteiger partial charge in [-0.1, -0.05) is 25.4 Å². The first-order chi connectivity index (χ1) is 8.50. The molecule has 1 atom stereocenters. The van der Waals surface area contributed by atoms with Gasteiger partial charge in [-0.15, -0.1) is 0 Å². The zero-order chi connectivity index (χ0) is 13.3. The Morgan fingerprint density at radius 2 is 2.06 bits per heavy atom. The number of carbonyl (C=O) groups excluding carboxylic acids is 1. The normalized spacial score (nSPS) is 12.9. The standard InChI is InChI=1S/C11H13ClN4O2/c1-6(2)11(17)18-7(3)16-5-15-8-9(12)13-4-14-10(8)16/h4-7H,1-3H3/t7-/m0/s1. The fraction of sp³-hybridized carbons (Fsp3) is 0.455. The summed E-state index contributed by atoms with van der Waals surface area (Å²) in [5.74, 6) is -0.454. The van der Waals surface area contributed by atoms with Crippen LogP contribution in [0, 0.1) is 5.92 Å². The summed E-state index contributed by atoms with van der Waals surface area (Å²) in [4.78, 5) is 23.6. The van der Waals surface area contributed by atoms with Crippen molar-refractivity contribution >= 4 is 28.7 Å². The molecule has 18 heavy (non-hydrogen) atoms. The molecule has 0 amide bonds. The average Bonchev–Trinajstić information content (AvgIpc) is 2.74. The second-order valence-electron chi connectivity index (χ2n) is 4.18. The van der Waals surface area contributed by atoms with Gasteiger partial charge in [0.05, 0.1) is 5.92 Å². The maximum atomic E-state index is 11.5. The van der Waals surface area contributed by atoms with Gasteiger partial charge >= 0.3 is 5.97 Å². The van der Waals surface area contributed by atoms with Crippen molar-refractivity contribution in [3.63, 3.8) is 0 Å². The van der Waals surface area contributed by atoms with Gasteiger partial charge in [-0.05, 0) is 6.92 Å². The van der Waals surface area contributed by atoms with Crippen LogP contribution in [-0.4, -0.2) is 25.5 Å². The molecule has 0 bridgehead atoms. The lowest BCUT2D eigenvalue weighted by Crippen LogP contribution is -2.18. The summed E-state index contributed by atoms with van der Waals surface area (Å²) in [6, 6.07) is 0. The highest BCUT2D eigenvalue weighted by Crippen LogP contribution is 2.21. The van der Waals surface area contributed by atoms with Gasteiger partial charge in [0.15, 0.2) is 17.0 Å². The summed E-state index contributed by atoms with van der Waals surface area (Å²) in [5, 5.41) is 0.279. The second kappa shape index (κ2) is 4.89. The zero-order valence-corrected chi connectivity index (χ0v) is 11.0. The molecule has 0 aliphatic carbocycles. The van der Waals surface area contributed by atoms with Crippen LogP contribution in [0.15, 0.2) is 12.7 Å². The number of hydrogen-bond donors (Lipinski definition) is 0. The molecule has 2 aromatic rings. The number of fused-ring (bicyclic) bond motifs is 1. The van der Waals surface area contributed by atoms with Gasteiger partial charge in [0.25, 0.3) is 0 Å². The number of imidazole rings is 1. The maximum absolute atomic E-state index is 11.5. The molecule has 0 aliphatic rings. The molecule has 0 fully saturated rings. The monoisotopic (exact) mass is 268 g/mol. The van der Waals surface area contributed by atoms with Gasteiger partial charge in [0, 0.05) is 0 Å². The van der Waals surface area contributed by atoms with Crippen molar-refractivity contribution in [2.75, 3.05) is 0 Å². The Labute approximate surface area is 109 Å². The summed E-state index contributed by atoms with van der Waals surface area (Å²) in [5.41, 5.74) is 1.03. The smallest absolute Gasteiger partial charge is 0.310 e. The molecule has 0 spiro atoms. The Kier molecular flexibility index (Phi) is 3.47. The lowest BCUT2D eigenvalue weighted by Gasteiger charge is -2.16. The number of rotatable bonds is 3. The number of aromatic nitrogens is 4. The predicted molar refractivity (Wildman–Crippen MR) is 66.0 cm³/mol. The van der Waals surface area contributed by atoms with Crippen LogP contribution in [-0.2, 0) is 9.53 Å². The second-order valence-corrected chi connectivity index (χ2v) is 4.54. The SMILES string of the molecule is CC(C)C(=O)O[C@@H](C)n1cnc2c(Cl)ncnc21. The number of carbonyl (C=O) groups is 1. The van der Waals surface area contributed by atoms with E-state index in [4.69, 9.17) is 16.3 Å². The lowest BCUT2D eigenvalue weighted by atomic mass is 10.2. The Balaban J connectivity index is 2.31. The number of ether oxygens (including phenoxy) is 1. The van der Waals surface area contributed by atoms with Crippen molar-refractivity contribution in [1.29, 1.82) is 0 Å². The van der Waals surface area contributed by atoms with E-state index in [0.29, 0.717) is 11.2 Å². The highest BCUT2D eigenvalue weighted by Gasteiger charge is 2.17. The Hall–Kier alpha value is -1.69. The molecule has 0 unspecified atom stereocenters. The molecule has 7 heteroatoms. The van der Waals surface area contributed by atoms with Gasteiger partial charge in [-0.2, -0.15) is 0 Å². The minimum Gasteiger partial charge on any atom is -0.441 e. The van der Waals surface area contributed by atoms with E-state index in [1.165, 1.54) is 12.7 Å². The highest BCUT2D eigenvalue weighted by molar-refractivity contribution is 6.33. The Morgan fingerprint density at radius 1 is 1.33 bits per heavy atom. The number of halogens is 1. The molecule has 2 aromatic heterocycles. The molecule has 0 aromatic carbocycles. The van der Waals surface area contributed by atoms with Crippen molar-refractivity contribution < 1.29 is 9.53 Å². The molecule has 0 aliphatic heterocycles. The Bertz CT molecular complexity index is 581. The third kappa shape index (κ3) is 2.28. The van der Waals surface area contributed by atoms with E-state index in [9.17, 15) is 4.79 Å². The van der Waals surface area contributed by atoms with Crippen LogP contribution in [0.3, 0.4) is 0 Å². The summed E-state index contributed by atoms with van der Waals surface area (Å²) < 4.78 is 6.93. The predicted octanol–water partition coefficient (Wildman–Crippen LogP) is 2.20. The van der Waals surface area contributed by atoms with Crippen LogP contribution in [0.5, 0.6) is 0 Å². The zero-order valence-electron chi connectivity index (χ0n) is 10.3. The minimum absolute atomic E-state index is 0.180. The van der Waals surface area contributed by atoms with Crippen molar-refractivity contribution in [3.05, 3.63) is 17.8 Å². The van der Waals surface area contributed by atoms with E-state index in [1.54, 1.807) is 25.3 Å². The number of esters is 1. The number of nitrogens with zero attached hydrogens (tertiary/aromatic N) is 4. The summed E-state index contributed by atoms with van der Waals surface area (Å²) >= 11 is 5.90. The van der Waals surface area contributed by atoms with Crippen LogP contribution in [0.4, 0.5) is 0 Å². The van der Waals surface area contributed by atoms with Crippen LogP contribution < -0.4 is 0 Å². The largest absolute Gasteiger partial charge is 0.441 e. The first kappa shape index (κ1) is 12.8. The molecule has 2 rings (SSSR count).